The lowest BCUT2D eigenvalue weighted by atomic mass is 9.97. The highest BCUT2D eigenvalue weighted by atomic mass is 16.4. The summed E-state index contributed by atoms with van der Waals surface area (Å²) in [4.78, 5) is 28.9. The number of piperidine rings is 1. The van der Waals surface area contributed by atoms with Gasteiger partial charge in [-0.15, -0.1) is 0 Å². The number of nitrogens with zero attached hydrogens (tertiary/aromatic N) is 3. The van der Waals surface area contributed by atoms with Gasteiger partial charge >= 0.3 is 6.09 Å². The third-order valence-electron chi connectivity index (χ3n) is 6.31. The Bertz CT molecular complexity index is 1350. The quantitative estimate of drug-likeness (QED) is 0.429. The molecule has 4 heterocycles. The Labute approximate surface area is 190 Å². The first-order chi connectivity index (χ1) is 16.1. The van der Waals surface area contributed by atoms with Gasteiger partial charge in [-0.25, -0.2) is 14.5 Å². The van der Waals surface area contributed by atoms with Gasteiger partial charge in [0.2, 0.25) is 0 Å². The molecular formula is C25H25N5O3. The topological polar surface area (TPSA) is 113 Å². The van der Waals surface area contributed by atoms with Crippen molar-refractivity contribution in [3.63, 3.8) is 0 Å². The SMILES string of the molecule is O=C(O)n1c(-c2cc(-c3ccncc3)n[nH]c2=O)cc2ccc(CCC3CCCCN3)cc21. The van der Waals surface area contributed by atoms with Crippen molar-refractivity contribution in [2.75, 3.05) is 6.54 Å². The number of carboxylic acid groups (broad SMARTS) is 1. The van der Waals surface area contributed by atoms with Gasteiger partial charge in [0, 0.05) is 29.4 Å². The number of nitrogens with one attached hydrogen (secondary N) is 2. The van der Waals surface area contributed by atoms with Crippen LogP contribution in [0.15, 0.2) is 59.7 Å². The number of aryl methyl sites for hydroxylation is 1. The summed E-state index contributed by atoms with van der Waals surface area (Å²) >= 11 is 0. The third-order valence-corrected chi connectivity index (χ3v) is 6.31. The van der Waals surface area contributed by atoms with E-state index in [1.807, 2.05) is 18.2 Å². The molecule has 1 saturated heterocycles. The fourth-order valence-electron chi connectivity index (χ4n) is 4.58. The molecule has 8 nitrogen and oxygen atoms in total. The zero-order valence-electron chi connectivity index (χ0n) is 18.1. The molecule has 1 aromatic carbocycles. The summed E-state index contributed by atoms with van der Waals surface area (Å²) in [5, 5.41) is 21.0. The fraction of sp³-hybridized carbons (Fsp3) is 0.280. The number of H-pyrrole nitrogens is 1. The van der Waals surface area contributed by atoms with Crippen LogP contribution in [0.1, 0.15) is 31.2 Å². The second-order valence-corrected chi connectivity index (χ2v) is 8.46. The summed E-state index contributed by atoms with van der Waals surface area (Å²) in [5.41, 5.74) is 3.11. The number of hydrogen-bond donors (Lipinski definition) is 3. The molecule has 5 rings (SSSR count). The van der Waals surface area contributed by atoms with Crippen LogP contribution < -0.4 is 10.9 Å². The van der Waals surface area contributed by atoms with E-state index in [0.29, 0.717) is 22.9 Å². The smallest absolute Gasteiger partial charge is 0.416 e. The van der Waals surface area contributed by atoms with Crippen LogP contribution >= 0.6 is 0 Å². The number of benzene rings is 1. The first kappa shape index (κ1) is 21.1. The van der Waals surface area contributed by atoms with Crippen LogP contribution in [0.25, 0.3) is 33.4 Å². The molecule has 4 aromatic rings. The van der Waals surface area contributed by atoms with Crippen molar-refractivity contribution >= 4 is 17.0 Å². The van der Waals surface area contributed by atoms with E-state index in [1.165, 1.54) is 23.8 Å². The molecule has 1 atom stereocenters. The van der Waals surface area contributed by atoms with E-state index in [-0.39, 0.29) is 5.56 Å². The fourth-order valence-corrected chi connectivity index (χ4v) is 4.58. The van der Waals surface area contributed by atoms with E-state index >= 15 is 0 Å². The summed E-state index contributed by atoms with van der Waals surface area (Å²) in [7, 11) is 0. The number of pyridine rings is 1. The average Bonchev–Trinajstić information content (AvgIpc) is 3.23. The largest absolute Gasteiger partial charge is 0.464 e. The molecule has 0 aliphatic carbocycles. The van der Waals surface area contributed by atoms with Gasteiger partial charge in [0.1, 0.15) is 0 Å². The van der Waals surface area contributed by atoms with E-state index in [4.69, 9.17) is 0 Å². The number of aromatic nitrogens is 4. The number of aromatic amines is 1. The van der Waals surface area contributed by atoms with Gasteiger partial charge in [0.15, 0.2) is 0 Å². The summed E-state index contributed by atoms with van der Waals surface area (Å²) in [6, 6.07) is 13.3. The summed E-state index contributed by atoms with van der Waals surface area (Å²) in [6.07, 6.45) is 7.70. The molecule has 8 heteroatoms. The maximum atomic E-state index is 12.7. The van der Waals surface area contributed by atoms with Gasteiger partial charge < -0.3 is 10.4 Å². The Morgan fingerprint density at radius 1 is 1.12 bits per heavy atom. The van der Waals surface area contributed by atoms with Gasteiger partial charge in [-0.2, -0.15) is 5.10 Å². The molecule has 1 aliphatic heterocycles. The summed E-state index contributed by atoms with van der Waals surface area (Å²) in [6.45, 7) is 1.07. The first-order valence-electron chi connectivity index (χ1n) is 11.2. The highest BCUT2D eigenvalue weighted by Crippen LogP contribution is 2.29. The zero-order chi connectivity index (χ0) is 22.8. The molecule has 33 heavy (non-hydrogen) atoms. The van der Waals surface area contributed by atoms with E-state index in [9.17, 15) is 14.7 Å². The normalized spacial score (nSPS) is 16.2. The van der Waals surface area contributed by atoms with Gasteiger partial charge in [0.25, 0.3) is 5.56 Å². The van der Waals surface area contributed by atoms with E-state index < -0.39 is 11.7 Å². The van der Waals surface area contributed by atoms with E-state index in [0.717, 1.165) is 35.9 Å². The van der Waals surface area contributed by atoms with Crippen molar-refractivity contribution in [2.45, 2.75) is 38.1 Å². The van der Waals surface area contributed by atoms with Gasteiger partial charge in [0.05, 0.1) is 22.5 Å². The Morgan fingerprint density at radius 2 is 1.97 bits per heavy atom. The standard InChI is InChI=1S/C25H25N5O3/c31-24-20(15-21(28-29-24)17-8-11-26-12-9-17)23-14-18-6-4-16(13-22(18)30(23)25(32)33)5-7-19-3-1-2-10-27-19/h4,6,8-9,11-15,19,27H,1-3,5,7,10H2,(H,29,31)(H,32,33). The molecule has 0 spiro atoms. The average molecular weight is 444 g/mol. The first-order valence-corrected chi connectivity index (χ1v) is 11.2. The predicted molar refractivity (Wildman–Crippen MR) is 126 cm³/mol. The number of hydrogen-bond acceptors (Lipinski definition) is 5. The minimum absolute atomic E-state index is 0.253. The van der Waals surface area contributed by atoms with Crippen molar-refractivity contribution < 1.29 is 9.90 Å². The highest BCUT2D eigenvalue weighted by Gasteiger charge is 2.20. The molecular weight excluding hydrogens is 418 g/mol. The predicted octanol–water partition coefficient (Wildman–Crippen LogP) is 4.05. The molecule has 0 saturated carbocycles. The number of carbonyl (C=O) groups is 1. The number of fused-ring (bicyclic) bond motifs is 1. The molecule has 3 aromatic heterocycles. The highest BCUT2D eigenvalue weighted by molar-refractivity contribution is 5.96. The third kappa shape index (κ3) is 4.29. The molecule has 0 bridgehead atoms. The Kier molecular flexibility index (Phi) is 5.75. The molecule has 1 fully saturated rings. The van der Waals surface area contributed by atoms with Crippen LogP contribution in [0.3, 0.4) is 0 Å². The van der Waals surface area contributed by atoms with Gasteiger partial charge in [-0.1, -0.05) is 18.6 Å². The minimum Gasteiger partial charge on any atom is -0.464 e. The lowest BCUT2D eigenvalue weighted by Crippen LogP contribution is -2.34. The minimum atomic E-state index is -1.13. The van der Waals surface area contributed by atoms with Crippen molar-refractivity contribution in [2.24, 2.45) is 0 Å². The molecule has 3 N–H and O–H groups in total. The Hall–Kier alpha value is -3.78. The Balaban J connectivity index is 1.54. The van der Waals surface area contributed by atoms with Crippen LogP contribution in [0.5, 0.6) is 0 Å². The summed E-state index contributed by atoms with van der Waals surface area (Å²) < 4.78 is 1.19. The van der Waals surface area contributed by atoms with Crippen molar-refractivity contribution in [1.82, 2.24) is 25.1 Å². The van der Waals surface area contributed by atoms with Crippen molar-refractivity contribution in [1.29, 1.82) is 0 Å². The molecule has 1 aliphatic rings. The molecule has 1 unspecified atom stereocenters. The maximum Gasteiger partial charge on any atom is 0.416 e. The zero-order valence-corrected chi connectivity index (χ0v) is 18.1. The Morgan fingerprint density at radius 3 is 2.73 bits per heavy atom. The van der Waals surface area contributed by atoms with Crippen LogP contribution in [-0.4, -0.2) is 43.5 Å². The molecule has 0 radical (unpaired) electrons. The monoisotopic (exact) mass is 443 g/mol. The van der Waals surface area contributed by atoms with Crippen LogP contribution in [0.4, 0.5) is 4.79 Å². The molecule has 0 amide bonds. The van der Waals surface area contributed by atoms with Crippen LogP contribution in [-0.2, 0) is 6.42 Å². The van der Waals surface area contributed by atoms with E-state index in [2.05, 4.69) is 20.5 Å². The lowest BCUT2D eigenvalue weighted by molar-refractivity contribution is 0.198. The van der Waals surface area contributed by atoms with E-state index in [1.54, 1.807) is 36.7 Å². The molecule has 168 valence electrons. The lowest BCUT2D eigenvalue weighted by Gasteiger charge is -2.23. The van der Waals surface area contributed by atoms with Crippen molar-refractivity contribution in [3.05, 3.63) is 70.8 Å². The van der Waals surface area contributed by atoms with Gasteiger partial charge in [-0.05, 0) is 68.1 Å². The van der Waals surface area contributed by atoms with Crippen molar-refractivity contribution in [3.8, 4) is 22.5 Å². The number of rotatable bonds is 5. The van der Waals surface area contributed by atoms with Crippen LogP contribution in [0, 0.1) is 0 Å². The second-order valence-electron chi connectivity index (χ2n) is 8.46. The second kappa shape index (κ2) is 8.99. The van der Waals surface area contributed by atoms with Gasteiger partial charge in [-0.3, -0.25) is 9.78 Å². The van der Waals surface area contributed by atoms with Crippen LogP contribution in [0.2, 0.25) is 0 Å². The maximum absolute atomic E-state index is 12.7. The summed E-state index contributed by atoms with van der Waals surface area (Å²) in [5.74, 6) is 0.